The normalized spacial score (nSPS) is 12.5. The Balaban J connectivity index is 3.26. The molecule has 0 saturated carbocycles. The van der Waals surface area contributed by atoms with Crippen LogP contribution < -0.4 is 0 Å². The van der Waals surface area contributed by atoms with Crippen LogP contribution in [0.15, 0.2) is 0 Å². The molecule has 0 radical (unpaired) electrons. The molecule has 0 unspecified atom stereocenters. The zero-order chi connectivity index (χ0) is 11.5. The van der Waals surface area contributed by atoms with Crippen LogP contribution in [0.25, 0.3) is 0 Å². The van der Waals surface area contributed by atoms with E-state index >= 15 is 0 Å². The van der Waals surface area contributed by atoms with E-state index in [1.54, 1.807) is 0 Å². The molecule has 0 saturated heterocycles. The van der Waals surface area contributed by atoms with Crippen molar-refractivity contribution in [3.8, 4) is 0 Å². The van der Waals surface area contributed by atoms with Gasteiger partial charge in [-0.2, -0.15) is 0 Å². The van der Waals surface area contributed by atoms with Gasteiger partial charge in [-0.25, -0.2) is 0 Å². The summed E-state index contributed by atoms with van der Waals surface area (Å²) in [5, 5.41) is 17.4. The summed E-state index contributed by atoms with van der Waals surface area (Å²) in [6, 6.07) is 0. The maximum absolute atomic E-state index is 11.1. The topological polar surface area (TPSA) is 66.8 Å². The molecule has 0 rings (SSSR count). The van der Waals surface area contributed by atoms with Gasteiger partial charge in [-0.3, -0.25) is 4.79 Å². The minimum Gasteiger partial charge on any atom is -0.463 e. The van der Waals surface area contributed by atoms with Crippen LogP contribution in [0.2, 0.25) is 0 Å². The van der Waals surface area contributed by atoms with E-state index in [9.17, 15) is 4.79 Å². The highest BCUT2D eigenvalue weighted by Crippen LogP contribution is 2.05. The van der Waals surface area contributed by atoms with Gasteiger partial charge in [-0.1, -0.05) is 32.6 Å². The minimum absolute atomic E-state index is 0.107. The number of aliphatic hydroxyl groups excluding tert-OH is 2. The number of carbonyl (C=O) groups excluding carboxylic acids is 1. The molecule has 1 atom stereocenters. The molecule has 0 aliphatic rings. The van der Waals surface area contributed by atoms with E-state index in [4.69, 9.17) is 14.9 Å². The maximum atomic E-state index is 11.1. The Morgan fingerprint density at radius 2 is 1.93 bits per heavy atom. The molecule has 0 aromatic heterocycles. The number of esters is 1. The predicted octanol–water partition coefficient (Wildman–Crippen LogP) is 1.24. The number of hydrogen-bond donors (Lipinski definition) is 2. The third-order valence-corrected chi connectivity index (χ3v) is 2.13. The van der Waals surface area contributed by atoms with E-state index in [0.29, 0.717) is 6.42 Å². The van der Waals surface area contributed by atoms with Gasteiger partial charge in [-0.05, 0) is 6.42 Å². The van der Waals surface area contributed by atoms with Crippen LogP contribution in [0.4, 0.5) is 0 Å². The van der Waals surface area contributed by atoms with E-state index in [0.717, 1.165) is 19.3 Å². The summed E-state index contributed by atoms with van der Waals surface area (Å²) in [6.07, 6.45) is 4.89. The molecule has 0 aromatic carbocycles. The van der Waals surface area contributed by atoms with Crippen molar-refractivity contribution in [1.82, 2.24) is 0 Å². The Hall–Kier alpha value is -0.610. The van der Waals surface area contributed by atoms with Crippen LogP contribution in [0.5, 0.6) is 0 Å². The number of rotatable bonds is 9. The molecule has 0 spiro atoms. The lowest BCUT2D eigenvalue weighted by Gasteiger charge is -2.08. The van der Waals surface area contributed by atoms with Crippen LogP contribution in [0.3, 0.4) is 0 Å². The van der Waals surface area contributed by atoms with Gasteiger partial charge >= 0.3 is 5.97 Å². The highest BCUT2D eigenvalue weighted by Gasteiger charge is 2.06. The lowest BCUT2D eigenvalue weighted by molar-refractivity contribution is -0.147. The first-order chi connectivity index (χ1) is 7.20. The fourth-order valence-electron chi connectivity index (χ4n) is 1.19. The molecule has 0 bridgehead atoms. The highest BCUT2D eigenvalue weighted by atomic mass is 16.5. The van der Waals surface area contributed by atoms with Gasteiger partial charge in [0.2, 0.25) is 0 Å². The second kappa shape index (κ2) is 9.93. The third kappa shape index (κ3) is 9.69. The maximum Gasteiger partial charge on any atom is 0.305 e. The first-order valence-electron chi connectivity index (χ1n) is 5.65. The van der Waals surface area contributed by atoms with Crippen LogP contribution in [-0.4, -0.2) is 35.5 Å². The van der Waals surface area contributed by atoms with Gasteiger partial charge in [0, 0.05) is 6.42 Å². The van der Waals surface area contributed by atoms with Gasteiger partial charge in [0.25, 0.3) is 0 Å². The number of aliphatic hydroxyl groups is 2. The fraction of sp³-hybridized carbons (Fsp3) is 0.909. The molecule has 0 fully saturated rings. The SMILES string of the molecule is CCCCCCCC(=O)OC[C@H](O)CO. The monoisotopic (exact) mass is 218 g/mol. The number of unbranched alkanes of at least 4 members (excludes halogenated alkanes) is 4. The Bertz CT molecular complexity index is 159. The summed E-state index contributed by atoms with van der Waals surface area (Å²) in [4.78, 5) is 11.1. The second-order valence-electron chi connectivity index (χ2n) is 3.68. The largest absolute Gasteiger partial charge is 0.463 e. The molecule has 0 aliphatic heterocycles. The zero-order valence-corrected chi connectivity index (χ0v) is 9.45. The summed E-state index contributed by atoms with van der Waals surface area (Å²) in [6.45, 7) is 1.67. The summed E-state index contributed by atoms with van der Waals surface area (Å²) in [5.41, 5.74) is 0. The number of carbonyl (C=O) groups is 1. The molecule has 0 aromatic rings. The smallest absolute Gasteiger partial charge is 0.305 e. The van der Waals surface area contributed by atoms with Gasteiger partial charge < -0.3 is 14.9 Å². The summed E-state index contributed by atoms with van der Waals surface area (Å²) < 4.78 is 4.75. The first-order valence-corrected chi connectivity index (χ1v) is 5.65. The molecule has 0 heterocycles. The number of hydrogen-bond acceptors (Lipinski definition) is 4. The van der Waals surface area contributed by atoms with E-state index in [2.05, 4.69) is 6.92 Å². The summed E-state index contributed by atoms with van der Waals surface area (Å²) >= 11 is 0. The molecule has 0 amide bonds. The van der Waals surface area contributed by atoms with E-state index in [1.807, 2.05) is 0 Å². The van der Waals surface area contributed by atoms with Gasteiger partial charge in [0.05, 0.1) is 6.61 Å². The zero-order valence-electron chi connectivity index (χ0n) is 9.45. The van der Waals surface area contributed by atoms with Crippen LogP contribution in [0, 0.1) is 0 Å². The average molecular weight is 218 g/mol. The lowest BCUT2D eigenvalue weighted by atomic mass is 10.1. The van der Waals surface area contributed by atoms with Crippen molar-refractivity contribution in [3.05, 3.63) is 0 Å². The Morgan fingerprint density at radius 1 is 1.27 bits per heavy atom. The molecule has 4 nitrogen and oxygen atoms in total. The molecular weight excluding hydrogens is 196 g/mol. The van der Waals surface area contributed by atoms with Crippen molar-refractivity contribution in [1.29, 1.82) is 0 Å². The molecular formula is C11H22O4. The summed E-state index contributed by atoms with van der Waals surface area (Å²) in [5.74, 6) is -0.293. The fourth-order valence-corrected chi connectivity index (χ4v) is 1.19. The van der Waals surface area contributed by atoms with E-state index in [-0.39, 0.29) is 19.2 Å². The minimum atomic E-state index is -0.950. The molecule has 2 N–H and O–H groups in total. The van der Waals surface area contributed by atoms with Crippen molar-refractivity contribution in [2.75, 3.05) is 13.2 Å². The van der Waals surface area contributed by atoms with E-state index in [1.165, 1.54) is 12.8 Å². The van der Waals surface area contributed by atoms with Gasteiger partial charge in [0.1, 0.15) is 12.7 Å². The Labute approximate surface area is 91.3 Å². The average Bonchev–Trinajstić information content (AvgIpc) is 2.25. The molecule has 4 heteroatoms. The van der Waals surface area contributed by atoms with Gasteiger partial charge in [-0.15, -0.1) is 0 Å². The third-order valence-electron chi connectivity index (χ3n) is 2.13. The first kappa shape index (κ1) is 14.4. The van der Waals surface area contributed by atoms with Crippen LogP contribution in [-0.2, 0) is 9.53 Å². The van der Waals surface area contributed by atoms with Crippen molar-refractivity contribution < 1.29 is 19.7 Å². The van der Waals surface area contributed by atoms with Crippen molar-refractivity contribution in [3.63, 3.8) is 0 Å². The van der Waals surface area contributed by atoms with Crippen LogP contribution >= 0.6 is 0 Å². The van der Waals surface area contributed by atoms with Crippen molar-refractivity contribution in [2.45, 2.75) is 51.6 Å². The molecule has 15 heavy (non-hydrogen) atoms. The van der Waals surface area contributed by atoms with Crippen molar-refractivity contribution >= 4 is 5.97 Å². The van der Waals surface area contributed by atoms with Crippen LogP contribution in [0.1, 0.15) is 45.4 Å². The van der Waals surface area contributed by atoms with Crippen molar-refractivity contribution in [2.24, 2.45) is 0 Å². The lowest BCUT2D eigenvalue weighted by Crippen LogP contribution is -2.21. The Kier molecular flexibility index (Phi) is 9.52. The second-order valence-corrected chi connectivity index (χ2v) is 3.68. The van der Waals surface area contributed by atoms with E-state index < -0.39 is 6.10 Å². The quantitative estimate of drug-likeness (QED) is 0.451. The Morgan fingerprint density at radius 3 is 2.53 bits per heavy atom. The summed E-state index contributed by atoms with van der Waals surface area (Å²) in [7, 11) is 0. The highest BCUT2D eigenvalue weighted by molar-refractivity contribution is 5.69. The molecule has 90 valence electrons. The number of ether oxygens (including phenoxy) is 1. The predicted molar refractivity (Wildman–Crippen MR) is 57.4 cm³/mol. The standard InChI is InChI=1S/C11H22O4/c1-2-3-4-5-6-7-11(14)15-9-10(13)8-12/h10,12-13H,2-9H2,1H3/t10-/m1/s1. The molecule has 0 aliphatic carbocycles. The van der Waals surface area contributed by atoms with Gasteiger partial charge in [0.15, 0.2) is 0 Å².